The molecular weight excluding hydrogens is 344 g/mol. The maximum Gasteiger partial charge on any atom is 0.252 e. The minimum Gasteiger partial charge on any atom is -0.368 e. The van der Waals surface area contributed by atoms with Crippen molar-refractivity contribution < 1.29 is 8.78 Å². The number of hydrogen-bond acceptors (Lipinski definition) is 6. The van der Waals surface area contributed by atoms with Crippen molar-refractivity contribution in [2.75, 3.05) is 23.7 Å². The number of rotatable bonds is 1. The molecule has 0 spiro atoms. The van der Waals surface area contributed by atoms with Gasteiger partial charge >= 0.3 is 0 Å². The number of nitrogens with zero attached hydrogens (tertiary/aromatic N) is 3. The van der Waals surface area contributed by atoms with E-state index < -0.39 is 5.92 Å². The van der Waals surface area contributed by atoms with Gasteiger partial charge in [0.25, 0.3) is 5.92 Å². The minimum atomic E-state index is -2.66. The van der Waals surface area contributed by atoms with Crippen molar-refractivity contribution in [3.63, 3.8) is 0 Å². The second-order valence-corrected chi connectivity index (χ2v) is 7.22. The summed E-state index contributed by atoms with van der Waals surface area (Å²) in [5.41, 5.74) is 13.0. The van der Waals surface area contributed by atoms with Crippen LogP contribution in [-0.2, 0) is 12.8 Å². The molecular formula is C14H18ClF2N5S. The van der Waals surface area contributed by atoms with Crippen molar-refractivity contribution in [3.8, 4) is 0 Å². The van der Waals surface area contributed by atoms with Crippen LogP contribution in [0.25, 0.3) is 10.2 Å². The molecule has 5 nitrogen and oxygen atoms in total. The van der Waals surface area contributed by atoms with Crippen LogP contribution in [-0.4, -0.2) is 35.0 Å². The smallest absolute Gasteiger partial charge is 0.252 e. The number of halogens is 3. The van der Waals surface area contributed by atoms with Gasteiger partial charge in [0, 0.05) is 36.9 Å². The normalized spacial score (nSPS) is 22.9. The number of aryl methyl sites for hydroxylation is 1. The molecule has 0 saturated carbocycles. The Balaban J connectivity index is 0.00000156. The standard InChI is InChI=1S/C14H17F2N5S.ClH/c15-14(16)3-1-9-8(5-14)10-11(22-9)12(20-13(18)19-10)21-4-2-7(17)6-21;/h7H,1-6,17H2,(H2,18,19,20);1H/t7-;/m0./s1. The Morgan fingerprint density at radius 1 is 1.30 bits per heavy atom. The number of thiophene rings is 1. The summed E-state index contributed by atoms with van der Waals surface area (Å²) in [5, 5.41) is 0. The molecule has 23 heavy (non-hydrogen) atoms. The summed E-state index contributed by atoms with van der Waals surface area (Å²) in [7, 11) is 0. The summed E-state index contributed by atoms with van der Waals surface area (Å²) in [6, 6.07) is 0.116. The van der Waals surface area contributed by atoms with E-state index in [0.717, 1.165) is 28.4 Å². The van der Waals surface area contributed by atoms with E-state index in [2.05, 4.69) is 14.9 Å². The first-order valence-electron chi connectivity index (χ1n) is 7.39. The van der Waals surface area contributed by atoms with Crippen LogP contribution in [0.5, 0.6) is 0 Å². The molecule has 0 bridgehead atoms. The molecule has 1 aliphatic heterocycles. The van der Waals surface area contributed by atoms with Crippen LogP contribution in [0.15, 0.2) is 0 Å². The maximum absolute atomic E-state index is 13.7. The Kier molecular flexibility index (Phi) is 4.10. The molecule has 1 atom stereocenters. The first kappa shape index (κ1) is 16.6. The van der Waals surface area contributed by atoms with E-state index in [1.165, 1.54) is 11.3 Å². The van der Waals surface area contributed by atoms with Crippen molar-refractivity contribution in [3.05, 3.63) is 10.4 Å². The zero-order valence-electron chi connectivity index (χ0n) is 12.4. The number of nitrogens with two attached hydrogens (primary N) is 2. The van der Waals surface area contributed by atoms with Gasteiger partial charge in [-0.05, 0) is 18.4 Å². The minimum absolute atomic E-state index is 0. The Morgan fingerprint density at radius 3 is 2.78 bits per heavy atom. The Bertz CT molecular complexity index is 750. The second-order valence-electron chi connectivity index (χ2n) is 6.11. The van der Waals surface area contributed by atoms with E-state index >= 15 is 0 Å². The fraction of sp³-hybridized carbons (Fsp3) is 0.571. The number of aromatic nitrogens is 2. The summed E-state index contributed by atoms with van der Waals surface area (Å²) in [6.07, 6.45) is 0.939. The molecule has 2 aliphatic rings. The summed E-state index contributed by atoms with van der Waals surface area (Å²) >= 11 is 1.53. The van der Waals surface area contributed by atoms with E-state index in [4.69, 9.17) is 11.5 Å². The summed E-state index contributed by atoms with van der Waals surface area (Å²) in [6.45, 7) is 1.52. The van der Waals surface area contributed by atoms with Gasteiger partial charge in [0.2, 0.25) is 5.95 Å². The molecule has 2 aromatic heterocycles. The van der Waals surface area contributed by atoms with Gasteiger partial charge < -0.3 is 16.4 Å². The van der Waals surface area contributed by atoms with Gasteiger partial charge in [-0.25, -0.2) is 13.8 Å². The third kappa shape index (κ3) is 2.83. The van der Waals surface area contributed by atoms with Crippen molar-refractivity contribution in [1.82, 2.24) is 9.97 Å². The van der Waals surface area contributed by atoms with Crippen molar-refractivity contribution in [1.29, 1.82) is 0 Å². The Hall–Kier alpha value is -1.25. The lowest BCUT2D eigenvalue weighted by molar-refractivity contribution is -0.0113. The fourth-order valence-corrected chi connectivity index (χ4v) is 4.57. The molecule has 1 fully saturated rings. The second kappa shape index (κ2) is 5.68. The van der Waals surface area contributed by atoms with Crippen molar-refractivity contribution in [2.45, 2.75) is 37.6 Å². The summed E-state index contributed by atoms with van der Waals surface area (Å²) in [4.78, 5) is 11.7. The van der Waals surface area contributed by atoms with Crippen LogP contribution in [0.1, 0.15) is 23.3 Å². The lowest BCUT2D eigenvalue weighted by atomic mass is 9.95. The number of fused-ring (bicyclic) bond motifs is 3. The van der Waals surface area contributed by atoms with Gasteiger partial charge in [0.05, 0.1) is 10.2 Å². The van der Waals surface area contributed by atoms with Gasteiger partial charge in [-0.2, -0.15) is 4.98 Å². The van der Waals surface area contributed by atoms with Crippen LogP contribution in [0, 0.1) is 0 Å². The predicted octanol–water partition coefficient (Wildman–Crippen LogP) is 2.36. The topological polar surface area (TPSA) is 81.1 Å². The molecule has 126 valence electrons. The van der Waals surface area contributed by atoms with Crippen LogP contribution < -0.4 is 16.4 Å². The molecule has 4 rings (SSSR count). The lowest BCUT2D eigenvalue weighted by Gasteiger charge is -2.21. The molecule has 9 heteroatoms. The SMILES string of the molecule is Cl.Nc1nc(N2CC[C@H](N)C2)c2sc3c(c2n1)CC(F)(F)CC3. The van der Waals surface area contributed by atoms with Crippen LogP contribution >= 0.6 is 23.7 Å². The Morgan fingerprint density at radius 2 is 2.09 bits per heavy atom. The molecule has 0 radical (unpaired) electrons. The first-order chi connectivity index (χ1) is 10.4. The highest BCUT2D eigenvalue weighted by Crippen LogP contribution is 2.43. The zero-order chi connectivity index (χ0) is 15.5. The van der Waals surface area contributed by atoms with E-state index in [1.54, 1.807) is 0 Å². The van der Waals surface area contributed by atoms with E-state index in [1.807, 2.05) is 0 Å². The maximum atomic E-state index is 13.7. The van der Waals surface area contributed by atoms with E-state index in [9.17, 15) is 8.78 Å². The number of nitrogen functional groups attached to an aromatic ring is 1. The Labute approximate surface area is 142 Å². The average molecular weight is 362 g/mol. The highest BCUT2D eigenvalue weighted by molar-refractivity contribution is 7.19. The van der Waals surface area contributed by atoms with Crippen molar-refractivity contribution >= 4 is 45.7 Å². The summed E-state index contributed by atoms with van der Waals surface area (Å²) in [5.74, 6) is -1.77. The highest BCUT2D eigenvalue weighted by Gasteiger charge is 2.37. The largest absolute Gasteiger partial charge is 0.368 e. The summed E-state index contributed by atoms with van der Waals surface area (Å²) < 4.78 is 28.4. The molecule has 4 N–H and O–H groups in total. The van der Waals surface area contributed by atoms with E-state index in [0.29, 0.717) is 24.0 Å². The zero-order valence-corrected chi connectivity index (χ0v) is 14.0. The third-order valence-corrected chi connectivity index (χ3v) is 5.67. The van der Waals surface area contributed by atoms with Crippen LogP contribution in [0.3, 0.4) is 0 Å². The molecule has 0 aromatic carbocycles. The molecule has 3 heterocycles. The number of hydrogen-bond donors (Lipinski definition) is 2. The first-order valence-corrected chi connectivity index (χ1v) is 8.21. The number of anilines is 2. The average Bonchev–Trinajstić information content (AvgIpc) is 3.01. The molecule has 0 amide bonds. The molecule has 0 unspecified atom stereocenters. The fourth-order valence-electron chi connectivity index (χ4n) is 3.29. The highest BCUT2D eigenvalue weighted by atomic mass is 35.5. The van der Waals surface area contributed by atoms with E-state index in [-0.39, 0.29) is 37.2 Å². The molecule has 2 aromatic rings. The van der Waals surface area contributed by atoms with Gasteiger partial charge in [-0.3, -0.25) is 0 Å². The van der Waals surface area contributed by atoms with Gasteiger partial charge in [-0.15, -0.1) is 23.7 Å². The van der Waals surface area contributed by atoms with Gasteiger partial charge in [0.15, 0.2) is 5.82 Å². The van der Waals surface area contributed by atoms with Gasteiger partial charge in [-0.1, -0.05) is 0 Å². The molecule has 1 saturated heterocycles. The van der Waals surface area contributed by atoms with Crippen molar-refractivity contribution in [2.24, 2.45) is 5.73 Å². The number of alkyl halides is 2. The quantitative estimate of drug-likeness (QED) is 0.815. The van der Waals surface area contributed by atoms with Crippen LogP contribution in [0.4, 0.5) is 20.5 Å². The monoisotopic (exact) mass is 361 g/mol. The van der Waals surface area contributed by atoms with Gasteiger partial charge in [0.1, 0.15) is 0 Å². The molecule has 1 aliphatic carbocycles. The predicted molar refractivity (Wildman–Crippen MR) is 90.9 cm³/mol. The lowest BCUT2D eigenvalue weighted by Crippen LogP contribution is -2.27. The van der Waals surface area contributed by atoms with Crippen LogP contribution in [0.2, 0.25) is 0 Å². The third-order valence-electron chi connectivity index (χ3n) is 4.39.